The topological polar surface area (TPSA) is 68.2 Å². The van der Waals surface area contributed by atoms with Crippen LogP contribution in [0.25, 0.3) is 16.2 Å². The maximum absolute atomic E-state index is 11.6. The van der Waals surface area contributed by atoms with E-state index in [1.165, 1.54) is 4.57 Å². The highest BCUT2D eigenvalue weighted by atomic mass is 32.1. The van der Waals surface area contributed by atoms with Gasteiger partial charge in [-0.15, -0.1) is 11.3 Å². The third kappa shape index (κ3) is 1.27. The SMILES string of the molecule is Cc1cc2sccn2c1-c1[nH]c(=O)n(C)c1N. The van der Waals surface area contributed by atoms with Gasteiger partial charge in [0.1, 0.15) is 11.5 Å². The minimum atomic E-state index is -0.193. The smallest absolute Gasteiger partial charge is 0.327 e. The molecule has 3 aromatic heterocycles. The van der Waals surface area contributed by atoms with Gasteiger partial charge in [0.25, 0.3) is 0 Å². The summed E-state index contributed by atoms with van der Waals surface area (Å²) in [5, 5.41) is 2.01. The lowest BCUT2D eigenvalue weighted by atomic mass is 10.2. The van der Waals surface area contributed by atoms with E-state index >= 15 is 0 Å². The van der Waals surface area contributed by atoms with E-state index in [1.54, 1.807) is 18.4 Å². The molecule has 0 amide bonds. The Kier molecular flexibility index (Phi) is 1.97. The minimum absolute atomic E-state index is 0.193. The van der Waals surface area contributed by atoms with E-state index in [2.05, 4.69) is 11.1 Å². The Labute approximate surface area is 101 Å². The molecule has 0 bridgehead atoms. The normalized spacial score (nSPS) is 11.4. The van der Waals surface area contributed by atoms with Crippen LogP contribution < -0.4 is 11.4 Å². The molecule has 0 aliphatic carbocycles. The molecule has 3 aromatic rings. The first-order chi connectivity index (χ1) is 8.09. The Balaban J connectivity index is 2.40. The molecular weight excluding hydrogens is 236 g/mol. The summed E-state index contributed by atoms with van der Waals surface area (Å²) in [7, 11) is 1.66. The van der Waals surface area contributed by atoms with E-state index < -0.39 is 0 Å². The van der Waals surface area contributed by atoms with Gasteiger partial charge < -0.3 is 15.1 Å². The van der Waals surface area contributed by atoms with Crippen molar-refractivity contribution in [2.24, 2.45) is 7.05 Å². The fraction of sp³-hybridized carbons (Fsp3) is 0.182. The van der Waals surface area contributed by atoms with Gasteiger partial charge in [-0.3, -0.25) is 4.57 Å². The van der Waals surface area contributed by atoms with Crippen LogP contribution >= 0.6 is 11.3 Å². The summed E-state index contributed by atoms with van der Waals surface area (Å²) in [6.07, 6.45) is 1.98. The van der Waals surface area contributed by atoms with Gasteiger partial charge in [-0.05, 0) is 18.6 Å². The standard InChI is InChI=1S/C11H12N4OS/c1-6-5-7-15(3-4-17-7)9(6)8-10(12)14(2)11(16)13-8/h3-5H,12H2,1-2H3,(H,13,16). The Morgan fingerprint density at radius 2 is 2.24 bits per heavy atom. The number of nitrogen functional groups attached to an aromatic ring is 1. The summed E-state index contributed by atoms with van der Waals surface area (Å²) in [4.78, 5) is 15.5. The van der Waals surface area contributed by atoms with E-state index in [0.717, 1.165) is 16.1 Å². The van der Waals surface area contributed by atoms with Gasteiger partial charge in [0.05, 0.1) is 10.5 Å². The third-order valence-electron chi connectivity index (χ3n) is 2.98. The monoisotopic (exact) mass is 248 g/mol. The molecule has 0 aromatic carbocycles. The molecule has 17 heavy (non-hydrogen) atoms. The quantitative estimate of drug-likeness (QED) is 0.686. The number of nitrogens with one attached hydrogen (secondary N) is 1. The fourth-order valence-electron chi connectivity index (χ4n) is 2.05. The van der Waals surface area contributed by atoms with Gasteiger partial charge >= 0.3 is 5.69 Å². The lowest BCUT2D eigenvalue weighted by molar-refractivity contribution is 0.873. The number of hydrogen-bond donors (Lipinski definition) is 2. The highest BCUT2D eigenvalue weighted by Crippen LogP contribution is 2.30. The Morgan fingerprint density at radius 1 is 1.47 bits per heavy atom. The summed E-state index contributed by atoms with van der Waals surface area (Å²) in [5.74, 6) is 0.462. The van der Waals surface area contributed by atoms with Crippen molar-refractivity contribution in [2.45, 2.75) is 6.92 Å². The number of rotatable bonds is 1. The largest absolute Gasteiger partial charge is 0.383 e. The highest BCUT2D eigenvalue weighted by molar-refractivity contribution is 7.15. The average Bonchev–Trinajstić information content (AvgIpc) is 2.89. The molecule has 0 unspecified atom stereocenters. The fourth-order valence-corrected chi connectivity index (χ4v) is 2.89. The number of fused-ring (bicyclic) bond motifs is 1. The van der Waals surface area contributed by atoms with Crippen LogP contribution in [0.1, 0.15) is 5.56 Å². The molecule has 0 fully saturated rings. The van der Waals surface area contributed by atoms with Crippen molar-refractivity contribution in [1.29, 1.82) is 0 Å². The number of nitrogens with zero attached hydrogens (tertiary/aromatic N) is 2. The van der Waals surface area contributed by atoms with Crippen molar-refractivity contribution in [3.8, 4) is 11.4 Å². The molecular formula is C11H12N4OS. The predicted octanol–water partition coefficient (Wildman–Crippen LogP) is 1.59. The first-order valence-electron chi connectivity index (χ1n) is 5.19. The number of aryl methyl sites for hydroxylation is 1. The first kappa shape index (κ1) is 10.2. The van der Waals surface area contributed by atoms with Gasteiger partial charge in [-0.2, -0.15) is 0 Å². The predicted molar refractivity (Wildman–Crippen MR) is 69.5 cm³/mol. The number of H-pyrrole nitrogens is 1. The van der Waals surface area contributed by atoms with E-state index in [9.17, 15) is 4.79 Å². The van der Waals surface area contributed by atoms with E-state index in [-0.39, 0.29) is 5.69 Å². The summed E-state index contributed by atoms with van der Waals surface area (Å²) in [6, 6.07) is 2.09. The Bertz CT molecular complexity index is 758. The molecule has 3 rings (SSSR count). The van der Waals surface area contributed by atoms with Crippen LogP contribution in [-0.2, 0) is 7.05 Å². The summed E-state index contributed by atoms with van der Waals surface area (Å²) in [6.45, 7) is 2.01. The van der Waals surface area contributed by atoms with Crippen LogP contribution in [0.3, 0.4) is 0 Å². The highest BCUT2D eigenvalue weighted by Gasteiger charge is 2.16. The van der Waals surface area contributed by atoms with Crippen molar-refractivity contribution in [3.05, 3.63) is 33.7 Å². The molecule has 3 heterocycles. The number of thiazole rings is 1. The number of imidazole rings is 1. The number of aromatic nitrogens is 3. The van der Waals surface area contributed by atoms with Crippen LogP contribution in [0.5, 0.6) is 0 Å². The zero-order valence-electron chi connectivity index (χ0n) is 9.52. The molecule has 0 aliphatic heterocycles. The second kappa shape index (κ2) is 3.27. The molecule has 5 nitrogen and oxygen atoms in total. The summed E-state index contributed by atoms with van der Waals surface area (Å²) in [5.41, 5.74) is 8.50. The number of hydrogen-bond acceptors (Lipinski definition) is 3. The van der Waals surface area contributed by atoms with E-state index in [0.29, 0.717) is 11.5 Å². The third-order valence-corrected chi connectivity index (χ3v) is 3.80. The maximum atomic E-state index is 11.6. The molecule has 3 N–H and O–H groups in total. The van der Waals surface area contributed by atoms with Gasteiger partial charge in [0.15, 0.2) is 0 Å². The molecule has 0 saturated heterocycles. The zero-order chi connectivity index (χ0) is 12.2. The van der Waals surface area contributed by atoms with Gasteiger partial charge in [0.2, 0.25) is 0 Å². The summed E-state index contributed by atoms with van der Waals surface area (Å²) < 4.78 is 3.46. The molecule has 0 radical (unpaired) electrons. The molecule has 88 valence electrons. The van der Waals surface area contributed by atoms with Crippen molar-refractivity contribution >= 4 is 22.0 Å². The minimum Gasteiger partial charge on any atom is -0.383 e. The maximum Gasteiger partial charge on any atom is 0.327 e. The van der Waals surface area contributed by atoms with Crippen molar-refractivity contribution in [2.75, 3.05) is 5.73 Å². The number of nitrogens with two attached hydrogens (primary N) is 1. The average molecular weight is 248 g/mol. The molecule has 0 spiro atoms. The van der Waals surface area contributed by atoms with Crippen LogP contribution in [0.4, 0.5) is 5.82 Å². The van der Waals surface area contributed by atoms with Gasteiger partial charge in [0, 0.05) is 18.6 Å². The van der Waals surface area contributed by atoms with E-state index in [1.807, 2.05) is 22.9 Å². The molecule has 0 atom stereocenters. The summed E-state index contributed by atoms with van der Waals surface area (Å²) >= 11 is 1.66. The van der Waals surface area contributed by atoms with Crippen LogP contribution in [0.15, 0.2) is 22.4 Å². The number of anilines is 1. The lowest BCUT2D eigenvalue weighted by Crippen LogP contribution is -2.13. The lowest BCUT2D eigenvalue weighted by Gasteiger charge is -2.01. The van der Waals surface area contributed by atoms with Crippen molar-refractivity contribution in [3.63, 3.8) is 0 Å². The zero-order valence-corrected chi connectivity index (χ0v) is 10.3. The second-order valence-corrected chi connectivity index (χ2v) is 4.96. The van der Waals surface area contributed by atoms with Gasteiger partial charge in [-0.1, -0.05) is 0 Å². The van der Waals surface area contributed by atoms with Crippen LogP contribution in [0, 0.1) is 6.92 Å². The van der Waals surface area contributed by atoms with Crippen LogP contribution in [0.2, 0.25) is 0 Å². The Hall–Kier alpha value is -1.95. The van der Waals surface area contributed by atoms with Crippen molar-refractivity contribution < 1.29 is 0 Å². The molecule has 0 saturated carbocycles. The second-order valence-electron chi connectivity index (χ2n) is 4.04. The van der Waals surface area contributed by atoms with Crippen LogP contribution in [-0.4, -0.2) is 14.0 Å². The van der Waals surface area contributed by atoms with E-state index in [4.69, 9.17) is 5.73 Å². The van der Waals surface area contributed by atoms with Gasteiger partial charge in [-0.25, -0.2) is 4.79 Å². The first-order valence-corrected chi connectivity index (χ1v) is 6.07. The molecule has 6 heteroatoms. The Morgan fingerprint density at radius 3 is 2.88 bits per heavy atom. The van der Waals surface area contributed by atoms with Crippen molar-refractivity contribution in [1.82, 2.24) is 14.0 Å². The molecule has 0 aliphatic rings. The number of aromatic amines is 1.